The van der Waals surface area contributed by atoms with Crippen LogP contribution in [0, 0.1) is 5.82 Å². The molecule has 0 radical (unpaired) electrons. The van der Waals surface area contributed by atoms with Crippen LogP contribution >= 0.6 is 0 Å². The van der Waals surface area contributed by atoms with Crippen LogP contribution in [0.3, 0.4) is 0 Å². The van der Waals surface area contributed by atoms with E-state index in [1.165, 1.54) is 28.4 Å². The number of rotatable bonds is 5. The molecule has 3 aromatic carbocycles. The van der Waals surface area contributed by atoms with Crippen molar-refractivity contribution in [2.75, 3.05) is 7.11 Å². The lowest BCUT2D eigenvalue weighted by Gasteiger charge is -2.08. The Kier molecular flexibility index (Phi) is 7.55. The summed E-state index contributed by atoms with van der Waals surface area (Å²) in [7, 11) is 1.17. The molecule has 0 amide bonds. The third-order valence-corrected chi connectivity index (χ3v) is 7.66. The maximum absolute atomic E-state index is 12.9. The number of carbonyl (C=O) groups excluding carboxylic acids is 2. The fourth-order valence-electron chi connectivity index (χ4n) is 5.35. The molecule has 7 rings (SSSR count). The van der Waals surface area contributed by atoms with E-state index in [1.807, 2.05) is 48.5 Å². The van der Waals surface area contributed by atoms with Gasteiger partial charge < -0.3 is 14.9 Å². The van der Waals surface area contributed by atoms with Crippen LogP contribution in [0.15, 0.2) is 82.4 Å². The Hall–Kier alpha value is -5.91. The Morgan fingerprint density at radius 3 is 1.80 bits per heavy atom. The smallest absolute Gasteiger partial charge is 0.360 e. The fourth-order valence-corrected chi connectivity index (χ4v) is 5.35. The van der Waals surface area contributed by atoms with Crippen molar-refractivity contribution in [1.82, 2.24) is 19.1 Å². The number of methoxy groups -OCH3 is 1. The third kappa shape index (κ3) is 5.26. The summed E-state index contributed by atoms with van der Waals surface area (Å²) in [4.78, 5) is 56.9. The van der Waals surface area contributed by atoms with E-state index in [2.05, 4.69) is 14.7 Å². The van der Waals surface area contributed by atoms with E-state index in [0.29, 0.717) is 31.2 Å². The summed E-state index contributed by atoms with van der Waals surface area (Å²) in [6.07, 6.45) is 0.436. The van der Waals surface area contributed by atoms with Gasteiger partial charge in [-0.3, -0.25) is 23.5 Å². The topological polar surface area (TPSA) is 154 Å². The monoisotopic (exact) mass is 608 g/mol. The van der Waals surface area contributed by atoms with Crippen LogP contribution in [0.2, 0.25) is 0 Å². The van der Waals surface area contributed by atoms with Crippen LogP contribution in [0.4, 0.5) is 4.39 Å². The van der Waals surface area contributed by atoms with Gasteiger partial charge in [-0.25, -0.2) is 19.2 Å². The zero-order chi connectivity index (χ0) is 31.8. The Morgan fingerprint density at radius 1 is 0.778 bits per heavy atom. The van der Waals surface area contributed by atoms with Gasteiger partial charge in [0.05, 0.1) is 20.2 Å². The van der Waals surface area contributed by atoms with Gasteiger partial charge >= 0.3 is 5.97 Å². The minimum absolute atomic E-state index is 0.0662. The number of fused-ring (bicyclic) bond motifs is 6. The summed E-state index contributed by atoms with van der Waals surface area (Å²) < 4.78 is 20.2. The van der Waals surface area contributed by atoms with Crippen molar-refractivity contribution in [3.05, 3.63) is 127 Å². The summed E-state index contributed by atoms with van der Waals surface area (Å²) in [6.45, 7) is 0.668. The molecule has 226 valence electrons. The molecular weight excluding hydrogens is 583 g/mol. The fraction of sp³-hybridized carbons (Fsp3) is 0.152. The number of aromatic hydroxyl groups is 2. The van der Waals surface area contributed by atoms with E-state index in [4.69, 9.17) is 0 Å². The average molecular weight is 609 g/mol. The molecule has 0 spiro atoms. The highest BCUT2D eigenvalue weighted by Crippen LogP contribution is 2.31. The Morgan fingerprint density at radius 2 is 1.27 bits per heavy atom. The molecule has 0 aliphatic carbocycles. The molecule has 0 saturated carbocycles. The van der Waals surface area contributed by atoms with Gasteiger partial charge in [0, 0.05) is 17.5 Å². The number of ketones is 1. The average Bonchev–Trinajstić information content (AvgIpc) is 3.63. The van der Waals surface area contributed by atoms with Crippen LogP contribution in [-0.2, 0) is 24.2 Å². The summed E-state index contributed by atoms with van der Waals surface area (Å²) >= 11 is 0. The number of hydrogen-bond acceptors (Lipinski definition) is 9. The number of Topliss-reactive ketones (excluding diaryl/α,β-unsaturated/α-hetero) is 1. The first-order chi connectivity index (χ1) is 21.7. The van der Waals surface area contributed by atoms with Crippen molar-refractivity contribution in [2.45, 2.75) is 25.9 Å². The predicted molar refractivity (Wildman–Crippen MR) is 160 cm³/mol. The van der Waals surface area contributed by atoms with E-state index in [1.54, 1.807) is 12.1 Å². The first kappa shape index (κ1) is 29.2. The molecule has 12 heteroatoms. The van der Waals surface area contributed by atoms with E-state index in [0.717, 1.165) is 27.8 Å². The second-order valence-corrected chi connectivity index (χ2v) is 10.4. The second-order valence-electron chi connectivity index (χ2n) is 10.4. The molecule has 0 unspecified atom stereocenters. The molecular formula is C33H25FN4O7. The number of aryl methyl sites for hydroxylation is 1. The largest absolute Gasteiger partial charge is 0.501 e. The van der Waals surface area contributed by atoms with E-state index in [-0.39, 0.29) is 23.6 Å². The van der Waals surface area contributed by atoms with Crippen LogP contribution in [0.5, 0.6) is 11.5 Å². The number of carbonyl (C=O) groups is 2. The molecule has 0 fully saturated rings. The number of benzene rings is 3. The summed E-state index contributed by atoms with van der Waals surface area (Å²) in [5.41, 5.74) is 2.40. The molecule has 11 nitrogen and oxygen atoms in total. The van der Waals surface area contributed by atoms with Gasteiger partial charge in [0.2, 0.25) is 11.5 Å². The van der Waals surface area contributed by atoms with Gasteiger partial charge in [-0.15, -0.1) is 0 Å². The second kappa shape index (κ2) is 11.6. The minimum Gasteiger partial charge on any atom is -0.501 e. The lowest BCUT2D eigenvalue weighted by atomic mass is 10.1. The van der Waals surface area contributed by atoms with Crippen molar-refractivity contribution in [3.63, 3.8) is 0 Å². The van der Waals surface area contributed by atoms with Gasteiger partial charge in [-0.1, -0.05) is 60.7 Å². The Labute approximate surface area is 254 Å². The number of nitrogens with zero attached hydrogens (tertiary/aromatic N) is 4. The molecule has 2 aliphatic rings. The van der Waals surface area contributed by atoms with Crippen molar-refractivity contribution in [3.8, 4) is 34.3 Å². The molecule has 0 atom stereocenters. The van der Waals surface area contributed by atoms with Gasteiger partial charge in [-0.2, -0.15) is 0 Å². The van der Waals surface area contributed by atoms with Gasteiger partial charge in [0.15, 0.2) is 17.2 Å². The van der Waals surface area contributed by atoms with Gasteiger partial charge in [0.1, 0.15) is 17.5 Å². The maximum Gasteiger partial charge on any atom is 0.360 e. The summed E-state index contributed by atoms with van der Waals surface area (Å²) in [5, 5.41) is 19.9. The summed E-state index contributed by atoms with van der Waals surface area (Å²) in [5.74, 6) is -2.12. The molecule has 2 aromatic heterocycles. The van der Waals surface area contributed by atoms with Crippen LogP contribution in [-0.4, -0.2) is 48.2 Å². The third-order valence-electron chi connectivity index (χ3n) is 7.66. The van der Waals surface area contributed by atoms with E-state index in [9.17, 15) is 33.8 Å². The molecule has 0 bridgehead atoms. The van der Waals surface area contributed by atoms with Crippen molar-refractivity contribution >= 4 is 11.8 Å². The van der Waals surface area contributed by atoms with E-state index >= 15 is 0 Å². The molecule has 0 saturated heterocycles. The molecule has 5 aromatic rings. The van der Waals surface area contributed by atoms with E-state index < -0.39 is 34.4 Å². The number of ether oxygens (including phenoxy) is 1. The predicted octanol–water partition coefficient (Wildman–Crippen LogP) is 3.70. The number of hydrogen-bond donors (Lipinski definition) is 2. The SMILES string of the molecule is COC(=O)c1nc2n(c(=O)c1O)Cc1ccccc1-2.O=C(CCc1ccc(F)cc1)c1nc2n(c(=O)c1O)Cc1ccccc1-2. The quantitative estimate of drug-likeness (QED) is 0.220. The maximum atomic E-state index is 12.9. The molecule has 2 N–H and O–H groups in total. The molecule has 2 aliphatic heterocycles. The zero-order valence-electron chi connectivity index (χ0n) is 23.9. The van der Waals surface area contributed by atoms with Crippen molar-refractivity contribution in [1.29, 1.82) is 0 Å². The Balaban J connectivity index is 0.000000167. The first-order valence-corrected chi connectivity index (χ1v) is 13.9. The molecule has 4 heterocycles. The van der Waals surface area contributed by atoms with Crippen molar-refractivity contribution in [2.24, 2.45) is 0 Å². The van der Waals surface area contributed by atoms with Crippen LogP contribution < -0.4 is 11.1 Å². The standard InChI is InChI=1S/C20H15FN2O3.C13H10N2O4/c21-14-8-5-12(6-9-14)7-10-16(24)17-18(25)20(26)23-11-13-3-1-2-4-15(13)19(23)22-17;1-19-13(18)9-10(16)12(17)15-6-7-4-2-3-5-8(7)11(15)14-9/h1-6,8-9,25H,7,10-11H2;2-5,16H,6H2,1H3. The highest BCUT2D eigenvalue weighted by atomic mass is 19.1. The zero-order valence-corrected chi connectivity index (χ0v) is 23.9. The highest BCUT2D eigenvalue weighted by Gasteiger charge is 2.28. The minimum atomic E-state index is -0.831. The first-order valence-electron chi connectivity index (χ1n) is 13.9. The lowest BCUT2D eigenvalue weighted by Crippen LogP contribution is -2.23. The normalized spacial score (nSPS) is 11.9. The van der Waals surface area contributed by atoms with Crippen LogP contribution in [0.25, 0.3) is 22.8 Å². The number of halogens is 1. The van der Waals surface area contributed by atoms with Crippen LogP contribution in [0.1, 0.15) is 44.1 Å². The Bertz CT molecular complexity index is 2120. The molecule has 45 heavy (non-hydrogen) atoms. The number of esters is 1. The lowest BCUT2D eigenvalue weighted by molar-refractivity contribution is 0.0589. The highest BCUT2D eigenvalue weighted by molar-refractivity contribution is 5.97. The van der Waals surface area contributed by atoms with Crippen molar-refractivity contribution < 1.29 is 28.9 Å². The van der Waals surface area contributed by atoms with Gasteiger partial charge in [-0.05, 0) is 35.2 Å². The van der Waals surface area contributed by atoms with Gasteiger partial charge in [0.25, 0.3) is 11.1 Å². The summed E-state index contributed by atoms with van der Waals surface area (Å²) in [6, 6.07) is 20.7. The number of aromatic nitrogens is 4.